The predicted molar refractivity (Wildman–Crippen MR) is 91.9 cm³/mol. The number of nitro benzene ring substituents is 1. The van der Waals surface area contributed by atoms with Gasteiger partial charge in [-0.2, -0.15) is 0 Å². The van der Waals surface area contributed by atoms with E-state index in [1.807, 2.05) is 0 Å². The van der Waals surface area contributed by atoms with E-state index in [1.165, 1.54) is 19.2 Å². The van der Waals surface area contributed by atoms with Gasteiger partial charge in [0.05, 0.1) is 12.0 Å². The molecule has 0 aliphatic rings. The van der Waals surface area contributed by atoms with E-state index in [0.29, 0.717) is 0 Å². The van der Waals surface area contributed by atoms with Crippen molar-refractivity contribution >= 4 is 23.8 Å². The lowest BCUT2D eigenvalue weighted by Crippen LogP contribution is -2.43. The first-order valence-electron chi connectivity index (χ1n) is 7.60. The molecule has 1 aromatic carbocycles. The van der Waals surface area contributed by atoms with E-state index in [4.69, 9.17) is 4.74 Å². The van der Waals surface area contributed by atoms with E-state index in [2.05, 4.69) is 10.1 Å². The van der Waals surface area contributed by atoms with Crippen molar-refractivity contribution in [2.45, 2.75) is 38.8 Å². The monoisotopic (exact) mass is 350 g/mol. The van der Waals surface area contributed by atoms with Crippen molar-refractivity contribution in [3.05, 3.63) is 46.0 Å². The van der Waals surface area contributed by atoms with Gasteiger partial charge in [-0.05, 0) is 44.9 Å². The second-order valence-corrected chi connectivity index (χ2v) is 6.21. The van der Waals surface area contributed by atoms with Crippen LogP contribution >= 0.6 is 0 Å². The van der Waals surface area contributed by atoms with Crippen LogP contribution in [-0.4, -0.2) is 35.7 Å². The minimum atomic E-state index is -0.894. The Morgan fingerprint density at radius 3 is 2.36 bits per heavy atom. The van der Waals surface area contributed by atoms with Crippen LogP contribution in [0.3, 0.4) is 0 Å². The lowest BCUT2D eigenvalue weighted by Gasteiger charge is -2.22. The van der Waals surface area contributed by atoms with Crippen LogP contribution in [0.5, 0.6) is 0 Å². The fraction of sp³-hybridized carbons (Fsp3) is 0.412. The van der Waals surface area contributed by atoms with Gasteiger partial charge in [0.15, 0.2) is 0 Å². The zero-order chi connectivity index (χ0) is 19.0. The number of hydrogen-bond donors (Lipinski definition) is 1. The minimum absolute atomic E-state index is 0.00354. The van der Waals surface area contributed by atoms with Gasteiger partial charge in [-0.25, -0.2) is 9.59 Å². The zero-order valence-electron chi connectivity index (χ0n) is 14.6. The van der Waals surface area contributed by atoms with Crippen molar-refractivity contribution in [1.82, 2.24) is 5.32 Å². The molecule has 1 N–H and O–H groups in total. The number of nitrogens with zero attached hydrogens (tertiary/aromatic N) is 1. The highest BCUT2D eigenvalue weighted by Gasteiger charge is 2.23. The van der Waals surface area contributed by atoms with Crippen LogP contribution in [0.4, 0.5) is 10.5 Å². The zero-order valence-corrected chi connectivity index (χ0v) is 14.6. The molecule has 8 heteroatoms. The van der Waals surface area contributed by atoms with Crippen LogP contribution in [0.1, 0.15) is 32.8 Å². The third kappa shape index (κ3) is 7.47. The molecule has 0 bridgehead atoms. The number of ether oxygens (including phenoxy) is 2. The summed E-state index contributed by atoms with van der Waals surface area (Å²) in [6.45, 7) is 5.15. The van der Waals surface area contributed by atoms with Crippen molar-refractivity contribution in [3.8, 4) is 0 Å². The molecule has 0 aliphatic carbocycles. The number of nitrogens with one attached hydrogen (secondary N) is 1. The van der Waals surface area contributed by atoms with Gasteiger partial charge < -0.3 is 14.8 Å². The SMILES string of the molecule is COC(=O)[C@H](C/C=C/c1ccc([N+](=O)[O-])cc1)NC(=O)OC(C)(C)C. The van der Waals surface area contributed by atoms with Crippen molar-refractivity contribution in [2.75, 3.05) is 7.11 Å². The number of carbonyl (C=O) groups is 2. The standard InChI is InChI=1S/C17H22N2O6/c1-17(2,3)25-16(21)18-14(15(20)24-4)7-5-6-12-8-10-13(11-9-12)19(22)23/h5-6,8-11,14H,7H2,1-4H3,(H,18,21)/b6-5+/t14-/m0/s1. The predicted octanol–water partition coefficient (Wildman–Crippen LogP) is 3.06. The van der Waals surface area contributed by atoms with Crippen LogP contribution < -0.4 is 5.32 Å². The molecule has 1 rings (SSSR count). The first-order valence-corrected chi connectivity index (χ1v) is 7.60. The van der Waals surface area contributed by atoms with Crippen LogP contribution in [-0.2, 0) is 14.3 Å². The molecular formula is C17H22N2O6. The van der Waals surface area contributed by atoms with Gasteiger partial charge in [0.1, 0.15) is 11.6 Å². The van der Waals surface area contributed by atoms with Crippen molar-refractivity contribution in [3.63, 3.8) is 0 Å². The summed E-state index contributed by atoms with van der Waals surface area (Å²) in [6, 6.07) is 5.05. The van der Waals surface area contributed by atoms with Crippen molar-refractivity contribution in [2.24, 2.45) is 0 Å². The molecule has 25 heavy (non-hydrogen) atoms. The molecule has 0 aromatic heterocycles. The average molecular weight is 350 g/mol. The topological polar surface area (TPSA) is 108 Å². The number of carbonyl (C=O) groups excluding carboxylic acids is 2. The highest BCUT2D eigenvalue weighted by molar-refractivity contribution is 5.81. The molecular weight excluding hydrogens is 328 g/mol. The van der Waals surface area contributed by atoms with E-state index < -0.39 is 28.6 Å². The van der Waals surface area contributed by atoms with Gasteiger partial charge in [0, 0.05) is 12.1 Å². The van der Waals surface area contributed by atoms with Crippen LogP contribution in [0.25, 0.3) is 6.08 Å². The summed E-state index contributed by atoms with van der Waals surface area (Å²) in [5, 5.41) is 13.1. The molecule has 0 aliphatic heterocycles. The van der Waals surface area contributed by atoms with Crippen LogP contribution in [0, 0.1) is 10.1 Å². The number of alkyl carbamates (subject to hydrolysis) is 1. The largest absolute Gasteiger partial charge is 0.467 e. The smallest absolute Gasteiger partial charge is 0.408 e. The molecule has 0 unspecified atom stereocenters. The molecule has 0 saturated heterocycles. The van der Waals surface area contributed by atoms with E-state index in [9.17, 15) is 19.7 Å². The summed E-state index contributed by atoms with van der Waals surface area (Å²) < 4.78 is 9.79. The van der Waals surface area contributed by atoms with Gasteiger partial charge in [-0.15, -0.1) is 0 Å². The number of hydrogen-bond acceptors (Lipinski definition) is 6. The molecule has 136 valence electrons. The van der Waals surface area contributed by atoms with E-state index in [1.54, 1.807) is 45.1 Å². The van der Waals surface area contributed by atoms with Crippen LogP contribution in [0.15, 0.2) is 30.3 Å². The Morgan fingerprint density at radius 2 is 1.88 bits per heavy atom. The normalized spacial score (nSPS) is 12.5. The second-order valence-electron chi connectivity index (χ2n) is 6.21. The summed E-state index contributed by atoms with van der Waals surface area (Å²) in [5.74, 6) is -0.598. The second kappa shape index (κ2) is 8.81. The Balaban J connectivity index is 2.70. The van der Waals surface area contributed by atoms with Crippen LogP contribution in [0.2, 0.25) is 0 Å². The number of methoxy groups -OCH3 is 1. The molecule has 0 fully saturated rings. The number of amides is 1. The Hall–Kier alpha value is -2.90. The molecule has 0 saturated carbocycles. The maximum Gasteiger partial charge on any atom is 0.408 e. The van der Waals surface area contributed by atoms with E-state index in [0.717, 1.165) is 5.56 Å². The quantitative estimate of drug-likeness (QED) is 0.480. The molecule has 0 radical (unpaired) electrons. The highest BCUT2D eigenvalue weighted by atomic mass is 16.6. The fourth-order valence-corrected chi connectivity index (χ4v) is 1.85. The molecule has 1 amide bonds. The Labute approximate surface area is 146 Å². The fourth-order valence-electron chi connectivity index (χ4n) is 1.85. The molecule has 0 heterocycles. The third-order valence-electron chi connectivity index (χ3n) is 2.96. The van der Waals surface area contributed by atoms with Gasteiger partial charge >= 0.3 is 12.1 Å². The van der Waals surface area contributed by atoms with E-state index >= 15 is 0 Å². The van der Waals surface area contributed by atoms with Crippen molar-refractivity contribution < 1.29 is 24.0 Å². The maximum absolute atomic E-state index is 11.8. The average Bonchev–Trinajstić information content (AvgIpc) is 2.51. The number of benzene rings is 1. The Kier molecular flexibility index (Phi) is 7.10. The summed E-state index contributed by atoms with van der Waals surface area (Å²) in [5.41, 5.74) is 0.0435. The first-order chi connectivity index (χ1) is 11.6. The number of esters is 1. The minimum Gasteiger partial charge on any atom is -0.467 e. The number of nitro groups is 1. The van der Waals surface area contributed by atoms with Crippen molar-refractivity contribution in [1.29, 1.82) is 0 Å². The number of rotatable bonds is 6. The summed E-state index contributed by atoms with van der Waals surface area (Å²) in [6.07, 6.45) is 2.83. The summed E-state index contributed by atoms with van der Waals surface area (Å²) >= 11 is 0. The van der Waals surface area contributed by atoms with Gasteiger partial charge in [0.2, 0.25) is 0 Å². The molecule has 0 spiro atoms. The lowest BCUT2D eigenvalue weighted by molar-refractivity contribution is -0.384. The molecule has 1 atom stereocenters. The lowest BCUT2D eigenvalue weighted by atomic mass is 10.1. The maximum atomic E-state index is 11.8. The summed E-state index contributed by atoms with van der Waals surface area (Å²) in [4.78, 5) is 33.7. The van der Waals surface area contributed by atoms with E-state index in [-0.39, 0.29) is 12.1 Å². The van der Waals surface area contributed by atoms with Gasteiger partial charge in [-0.3, -0.25) is 10.1 Å². The first kappa shape index (κ1) is 20.1. The molecule has 8 nitrogen and oxygen atoms in total. The highest BCUT2D eigenvalue weighted by Crippen LogP contribution is 2.13. The Morgan fingerprint density at radius 1 is 1.28 bits per heavy atom. The van der Waals surface area contributed by atoms with Gasteiger partial charge in [0.25, 0.3) is 5.69 Å². The van der Waals surface area contributed by atoms with Gasteiger partial charge in [-0.1, -0.05) is 12.2 Å². The Bertz CT molecular complexity index is 646. The third-order valence-corrected chi connectivity index (χ3v) is 2.96. The number of non-ortho nitro benzene ring substituents is 1. The molecule has 1 aromatic rings. The summed E-state index contributed by atoms with van der Waals surface area (Å²) in [7, 11) is 1.23.